The fraction of sp³-hybridized carbons (Fsp3) is 0.500. The highest BCUT2D eigenvalue weighted by Crippen LogP contribution is 2.12. The molecular formula is C10H16N2O. The van der Waals surface area contributed by atoms with Crippen molar-refractivity contribution >= 4 is 5.69 Å². The van der Waals surface area contributed by atoms with Gasteiger partial charge in [-0.25, -0.2) is 0 Å². The van der Waals surface area contributed by atoms with E-state index in [1.54, 1.807) is 13.1 Å². The molecule has 13 heavy (non-hydrogen) atoms. The highest BCUT2D eigenvalue weighted by Gasteiger charge is 2.03. The van der Waals surface area contributed by atoms with E-state index in [1.165, 1.54) is 0 Å². The fourth-order valence-electron chi connectivity index (χ4n) is 1.27. The van der Waals surface area contributed by atoms with Crippen LogP contribution in [0.1, 0.15) is 12.6 Å². The van der Waals surface area contributed by atoms with Gasteiger partial charge in [0.25, 0.3) is 0 Å². The van der Waals surface area contributed by atoms with Crippen molar-refractivity contribution < 1.29 is 5.11 Å². The van der Waals surface area contributed by atoms with Crippen LogP contribution in [0.2, 0.25) is 0 Å². The first-order valence-corrected chi connectivity index (χ1v) is 4.41. The van der Waals surface area contributed by atoms with Crippen molar-refractivity contribution in [1.82, 2.24) is 4.98 Å². The standard InChI is InChI=1S/C10H16N2O/c1-8-6-10(4-5-11-8)12(3)7-9(2)13/h4-6,9,13H,7H2,1-3H3/t9-/m1/s1. The number of hydrogen-bond acceptors (Lipinski definition) is 3. The molecule has 0 saturated heterocycles. The molecule has 1 aromatic heterocycles. The third kappa shape index (κ3) is 3.03. The van der Waals surface area contributed by atoms with Gasteiger partial charge in [-0.2, -0.15) is 0 Å². The minimum absolute atomic E-state index is 0.307. The maximum atomic E-state index is 9.20. The number of pyridine rings is 1. The van der Waals surface area contributed by atoms with Crippen LogP contribution in [-0.4, -0.2) is 29.8 Å². The van der Waals surface area contributed by atoms with E-state index in [0.29, 0.717) is 6.54 Å². The largest absolute Gasteiger partial charge is 0.392 e. The quantitative estimate of drug-likeness (QED) is 0.759. The van der Waals surface area contributed by atoms with E-state index in [-0.39, 0.29) is 6.10 Å². The summed E-state index contributed by atoms with van der Waals surface area (Å²) in [6, 6.07) is 3.94. The molecule has 0 aliphatic rings. The highest BCUT2D eigenvalue weighted by atomic mass is 16.3. The second kappa shape index (κ2) is 4.23. The van der Waals surface area contributed by atoms with Crippen LogP contribution in [0.5, 0.6) is 0 Å². The van der Waals surface area contributed by atoms with Gasteiger partial charge in [0.05, 0.1) is 6.10 Å². The average molecular weight is 180 g/mol. The summed E-state index contributed by atoms with van der Waals surface area (Å²) >= 11 is 0. The van der Waals surface area contributed by atoms with Gasteiger partial charge in [0, 0.05) is 31.2 Å². The van der Waals surface area contributed by atoms with Gasteiger partial charge in [-0.15, -0.1) is 0 Å². The lowest BCUT2D eigenvalue weighted by Gasteiger charge is -2.20. The first-order valence-electron chi connectivity index (χ1n) is 4.41. The van der Waals surface area contributed by atoms with E-state index in [9.17, 15) is 5.11 Å². The Hall–Kier alpha value is -1.09. The van der Waals surface area contributed by atoms with Crippen molar-refractivity contribution in [2.24, 2.45) is 0 Å². The van der Waals surface area contributed by atoms with E-state index >= 15 is 0 Å². The number of anilines is 1. The van der Waals surface area contributed by atoms with Gasteiger partial charge in [-0.05, 0) is 26.0 Å². The van der Waals surface area contributed by atoms with Crippen molar-refractivity contribution in [3.8, 4) is 0 Å². The molecule has 1 N–H and O–H groups in total. The van der Waals surface area contributed by atoms with Gasteiger partial charge in [0.15, 0.2) is 0 Å². The fourth-order valence-corrected chi connectivity index (χ4v) is 1.27. The van der Waals surface area contributed by atoms with Gasteiger partial charge in [0.2, 0.25) is 0 Å². The molecule has 0 saturated carbocycles. The molecule has 0 radical (unpaired) electrons. The molecule has 0 spiro atoms. The van der Waals surface area contributed by atoms with Crippen LogP contribution >= 0.6 is 0 Å². The predicted octanol–water partition coefficient (Wildman–Crippen LogP) is 1.21. The van der Waals surface area contributed by atoms with Crippen molar-refractivity contribution in [3.05, 3.63) is 24.0 Å². The molecule has 0 fully saturated rings. The SMILES string of the molecule is Cc1cc(N(C)C[C@@H](C)O)ccn1. The molecule has 3 heteroatoms. The predicted molar refractivity (Wildman–Crippen MR) is 53.9 cm³/mol. The molecule has 1 aromatic rings. The summed E-state index contributed by atoms with van der Waals surface area (Å²) in [5.74, 6) is 0. The third-order valence-electron chi connectivity index (χ3n) is 1.86. The van der Waals surface area contributed by atoms with Crippen LogP contribution in [0.4, 0.5) is 5.69 Å². The van der Waals surface area contributed by atoms with Gasteiger partial charge in [0.1, 0.15) is 0 Å². The lowest BCUT2D eigenvalue weighted by molar-refractivity contribution is 0.201. The molecular weight excluding hydrogens is 164 g/mol. The summed E-state index contributed by atoms with van der Waals surface area (Å²) < 4.78 is 0. The van der Waals surface area contributed by atoms with Crippen molar-refractivity contribution in [2.75, 3.05) is 18.5 Å². The Morgan fingerprint density at radius 3 is 2.85 bits per heavy atom. The number of rotatable bonds is 3. The van der Waals surface area contributed by atoms with Gasteiger partial charge in [-0.1, -0.05) is 0 Å². The summed E-state index contributed by atoms with van der Waals surface area (Å²) in [5.41, 5.74) is 2.09. The summed E-state index contributed by atoms with van der Waals surface area (Å²) in [4.78, 5) is 6.13. The molecule has 0 bridgehead atoms. The molecule has 1 rings (SSSR count). The van der Waals surface area contributed by atoms with E-state index in [1.807, 2.05) is 31.0 Å². The maximum Gasteiger partial charge on any atom is 0.0686 e. The molecule has 0 aliphatic carbocycles. The molecule has 1 atom stereocenters. The van der Waals surface area contributed by atoms with Gasteiger partial charge < -0.3 is 10.0 Å². The van der Waals surface area contributed by atoms with Gasteiger partial charge >= 0.3 is 0 Å². The molecule has 0 aromatic carbocycles. The van der Waals surface area contributed by atoms with Crippen LogP contribution in [-0.2, 0) is 0 Å². The number of nitrogens with zero attached hydrogens (tertiary/aromatic N) is 2. The van der Waals surface area contributed by atoms with Crippen LogP contribution in [0, 0.1) is 6.92 Å². The number of hydrogen-bond donors (Lipinski definition) is 1. The number of aromatic nitrogens is 1. The minimum atomic E-state index is -0.307. The molecule has 0 amide bonds. The summed E-state index contributed by atoms with van der Waals surface area (Å²) in [7, 11) is 1.96. The third-order valence-corrected chi connectivity index (χ3v) is 1.86. The zero-order valence-corrected chi connectivity index (χ0v) is 8.36. The lowest BCUT2D eigenvalue weighted by atomic mass is 10.3. The molecule has 3 nitrogen and oxygen atoms in total. The lowest BCUT2D eigenvalue weighted by Crippen LogP contribution is -2.26. The summed E-state index contributed by atoms with van der Waals surface area (Å²) in [6.07, 6.45) is 1.47. The van der Waals surface area contributed by atoms with E-state index in [4.69, 9.17) is 0 Å². The number of aliphatic hydroxyl groups is 1. The van der Waals surface area contributed by atoms with Crippen molar-refractivity contribution in [1.29, 1.82) is 0 Å². The highest BCUT2D eigenvalue weighted by molar-refractivity contribution is 5.45. The van der Waals surface area contributed by atoms with Crippen LogP contribution < -0.4 is 4.90 Å². The van der Waals surface area contributed by atoms with Crippen LogP contribution in [0.25, 0.3) is 0 Å². The topological polar surface area (TPSA) is 36.4 Å². The zero-order valence-electron chi connectivity index (χ0n) is 8.36. The first-order chi connectivity index (χ1) is 6.09. The molecule has 0 unspecified atom stereocenters. The van der Waals surface area contributed by atoms with Crippen molar-refractivity contribution in [2.45, 2.75) is 20.0 Å². The zero-order chi connectivity index (χ0) is 9.84. The Bertz CT molecular complexity index is 273. The first kappa shape index (κ1) is 9.99. The molecule has 72 valence electrons. The minimum Gasteiger partial charge on any atom is -0.392 e. The van der Waals surface area contributed by atoms with E-state index in [2.05, 4.69) is 4.98 Å². The Labute approximate surface area is 79.0 Å². The monoisotopic (exact) mass is 180 g/mol. The Balaban J connectivity index is 2.71. The Morgan fingerprint density at radius 1 is 1.62 bits per heavy atom. The normalized spacial score (nSPS) is 12.6. The average Bonchev–Trinajstić information content (AvgIpc) is 2.03. The van der Waals surface area contributed by atoms with E-state index in [0.717, 1.165) is 11.4 Å². The Morgan fingerprint density at radius 2 is 2.31 bits per heavy atom. The Kier molecular flexibility index (Phi) is 3.25. The summed E-state index contributed by atoms with van der Waals surface area (Å²) in [5, 5.41) is 9.20. The maximum absolute atomic E-state index is 9.20. The number of aliphatic hydroxyl groups excluding tert-OH is 1. The second-order valence-electron chi connectivity index (χ2n) is 3.38. The molecule has 0 aliphatic heterocycles. The van der Waals surface area contributed by atoms with Gasteiger partial charge in [-0.3, -0.25) is 4.98 Å². The number of aryl methyl sites for hydroxylation is 1. The van der Waals surface area contributed by atoms with Crippen LogP contribution in [0.15, 0.2) is 18.3 Å². The van der Waals surface area contributed by atoms with E-state index < -0.39 is 0 Å². The van der Waals surface area contributed by atoms with Crippen molar-refractivity contribution in [3.63, 3.8) is 0 Å². The molecule has 1 heterocycles. The number of likely N-dealkylation sites (N-methyl/N-ethyl adjacent to an activating group) is 1. The second-order valence-corrected chi connectivity index (χ2v) is 3.38. The summed E-state index contributed by atoms with van der Waals surface area (Å²) in [6.45, 7) is 4.38. The van der Waals surface area contributed by atoms with Crippen LogP contribution in [0.3, 0.4) is 0 Å². The smallest absolute Gasteiger partial charge is 0.0686 e.